The molecule has 7 aromatic heterocycles. The summed E-state index contributed by atoms with van der Waals surface area (Å²) in [5.41, 5.74) is 10.6. The van der Waals surface area contributed by atoms with Crippen molar-refractivity contribution in [1.29, 1.82) is 0 Å². The Morgan fingerprint density at radius 2 is 0.976 bits per heavy atom. The van der Waals surface area contributed by atoms with E-state index in [0.29, 0.717) is 66.9 Å². The van der Waals surface area contributed by atoms with Crippen LogP contribution in [0.2, 0.25) is 0 Å². The number of rotatable bonds is 10. The lowest BCUT2D eigenvalue weighted by atomic mass is 9.86. The summed E-state index contributed by atoms with van der Waals surface area (Å²) < 4.78 is 125. The molecule has 0 N–H and O–H groups in total. The van der Waals surface area contributed by atoms with Gasteiger partial charge in [-0.3, -0.25) is 15.0 Å². The van der Waals surface area contributed by atoms with E-state index in [1.54, 1.807) is 59.1 Å². The topological polar surface area (TPSA) is 109 Å². The highest BCUT2D eigenvalue weighted by Gasteiger charge is 2.40. The van der Waals surface area contributed by atoms with Crippen LogP contribution in [0.25, 0.3) is 66.4 Å². The first-order valence-corrected chi connectivity index (χ1v) is 29.3. The predicted octanol–water partition coefficient (Wildman–Crippen LogP) is 14.1. The first-order chi connectivity index (χ1) is 41.1. The van der Waals surface area contributed by atoms with Gasteiger partial charge in [0.1, 0.15) is 5.82 Å². The molecule has 0 spiro atoms. The highest BCUT2D eigenvalue weighted by Crippen LogP contribution is 2.47. The van der Waals surface area contributed by atoms with Crippen molar-refractivity contribution in [3.63, 3.8) is 0 Å². The van der Waals surface area contributed by atoms with Crippen LogP contribution < -0.4 is 9.80 Å². The zero-order valence-corrected chi connectivity index (χ0v) is 47.9. The van der Waals surface area contributed by atoms with Gasteiger partial charge in [-0.25, -0.2) is 40.7 Å². The van der Waals surface area contributed by atoms with Gasteiger partial charge in [-0.2, -0.15) is 0 Å². The van der Waals surface area contributed by atoms with E-state index in [1.807, 2.05) is 78.2 Å². The largest absolute Gasteiger partial charge is 0.381 e. The summed E-state index contributed by atoms with van der Waals surface area (Å²) in [6.45, 7) is 6.48. The van der Waals surface area contributed by atoms with E-state index in [4.69, 9.17) is 19.4 Å². The minimum absolute atomic E-state index is 0.0378. The van der Waals surface area contributed by atoms with E-state index >= 15 is 13.2 Å². The molecule has 14 rings (SSSR count). The zero-order chi connectivity index (χ0) is 58.9. The molecule has 0 amide bonds. The molecular weight excluding hydrogens is 1100 g/mol. The third-order valence-electron chi connectivity index (χ3n) is 18.1. The molecule has 0 aliphatic carbocycles. The van der Waals surface area contributed by atoms with Crippen molar-refractivity contribution in [2.45, 2.75) is 89.1 Å². The number of alkyl halides is 4. The normalized spacial score (nSPS) is 18.6. The number of halogens is 7. The van der Waals surface area contributed by atoms with Crippen LogP contribution in [-0.2, 0) is 23.6 Å². The molecule has 0 unspecified atom stereocenters. The molecule has 0 bridgehead atoms. The highest BCUT2D eigenvalue weighted by atomic mass is 19.3. The van der Waals surface area contributed by atoms with E-state index in [9.17, 15) is 17.6 Å². The number of pyridine rings is 3. The molecule has 4 aliphatic rings. The van der Waals surface area contributed by atoms with Crippen molar-refractivity contribution < 1.29 is 40.2 Å². The van der Waals surface area contributed by atoms with E-state index in [1.165, 1.54) is 6.07 Å². The number of anilines is 2. The summed E-state index contributed by atoms with van der Waals surface area (Å²) in [4.78, 5) is 26.6. The molecule has 4 saturated heterocycles. The van der Waals surface area contributed by atoms with Crippen LogP contribution in [0.15, 0.2) is 110 Å². The van der Waals surface area contributed by atoms with E-state index < -0.39 is 29.5 Å². The first kappa shape index (κ1) is 56.3. The number of benzene rings is 3. The van der Waals surface area contributed by atoms with Gasteiger partial charge < -0.3 is 37.5 Å². The van der Waals surface area contributed by atoms with Crippen LogP contribution in [0.1, 0.15) is 86.1 Å². The summed E-state index contributed by atoms with van der Waals surface area (Å²) in [7, 11) is 3.86. The van der Waals surface area contributed by atoms with Crippen LogP contribution >= 0.6 is 0 Å². The van der Waals surface area contributed by atoms with E-state index in [0.717, 1.165) is 68.7 Å². The smallest absolute Gasteiger partial charge is 0.251 e. The summed E-state index contributed by atoms with van der Waals surface area (Å²) in [5.74, 6) is -6.77. The molecule has 442 valence electrons. The maximum absolute atomic E-state index is 17.0. The lowest BCUT2D eigenvalue weighted by molar-refractivity contribution is -0.0227. The predicted molar refractivity (Wildman–Crippen MR) is 315 cm³/mol. The fourth-order valence-electron chi connectivity index (χ4n) is 13.8. The molecule has 10 aromatic rings. The average molecular weight is 1170 g/mol. The lowest BCUT2D eigenvalue weighted by Gasteiger charge is -2.35. The number of piperidine rings is 2. The number of ether oxygens (including phenoxy) is 2. The number of nitrogens with zero attached hydrogens (tertiary/aromatic N) is 11. The van der Waals surface area contributed by atoms with Gasteiger partial charge >= 0.3 is 0 Å². The minimum Gasteiger partial charge on any atom is -0.381 e. The Balaban J connectivity index is 0.000000158. The fourth-order valence-corrected chi connectivity index (χ4v) is 13.8. The summed E-state index contributed by atoms with van der Waals surface area (Å²) >= 11 is 0. The monoisotopic (exact) mass is 1170 g/mol. The van der Waals surface area contributed by atoms with Crippen LogP contribution in [0.4, 0.5) is 42.1 Å². The highest BCUT2D eigenvalue weighted by molar-refractivity contribution is 6.09. The quantitative estimate of drug-likeness (QED) is 0.124. The second kappa shape index (κ2) is 22.5. The molecular formula is C65H66F7N11O2. The lowest BCUT2D eigenvalue weighted by Crippen LogP contribution is -2.39. The SMILES string of the molecule is Cc1ncn(C)c1-c1cnc2c3ccc(N4CCC(F)(F)CC4)c(F)c3n([C@H](c3ccccc3)C3CCOCC3)c2c1.Cc1ncn(C)c1-c1cnc2c3ccc(N4CCC(F)(F)CC4)c(F)c3n([C@H](c3ncccc3F)C3CCOCC3)c2c1. The Bertz CT molecular complexity index is 4050. The average Bonchev–Trinajstić information content (AvgIpc) is 1.70. The van der Waals surface area contributed by atoms with Crippen LogP contribution in [0, 0.1) is 43.1 Å². The maximum atomic E-state index is 17.0. The summed E-state index contributed by atoms with van der Waals surface area (Å²) in [5, 5.41) is 1.29. The third kappa shape index (κ3) is 10.4. The van der Waals surface area contributed by atoms with Crippen molar-refractivity contribution in [1.82, 2.24) is 43.2 Å². The Kier molecular flexibility index (Phi) is 14.9. The number of hydrogen-bond acceptors (Lipinski definition) is 9. The van der Waals surface area contributed by atoms with Gasteiger partial charge in [0.15, 0.2) is 11.6 Å². The summed E-state index contributed by atoms with van der Waals surface area (Å²) in [6, 6.07) is 23.5. The third-order valence-corrected chi connectivity index (χ3v) is 18.1. The van der Waals surface area contributed by atoms with Gasteiger partial charge in [0.2, 0.25) is 0 Å². The minimum atomic E-state index is -2.76. The Hall–Kier alpha value is -7.84. The molecule has 13 nitrogen and oxygen atoms in total. The molecule has 85 heavy (non-hydrogen) atoms. The van der Waals surface area contributed by atoms with Crippen LogP contribution in [-0.4, -0.2) is 108 Å². The Morgan fingerprint density at radius 3 is 1.41 bits per heavy atom. The van der Waals surface area contributed by atoms with Crippen LogP contribution in [0.5, 0.6) is 0 Å². The van der Waals surface area contributed by atoms with E-state index in [-0.39, 0.29) is 92.5 Å². The first-order valence-electron chi connectivity index (χ1n) is 29.3. The molecule has 2 atom stereocenters. The van der Waals surface area contributed by atoms with Gasteiger partial charge in [0.05, 0.1) is 97.7 Å². The molecule has 3 aromatic carbocycles. The maximum Gasteiger partial charge on any atom is 0.251 e. The number of aryl methyl sites for hydroxylation is 4. The second-order valence-corrected chi connectivity index (χ2v) is 23.3. The van der Waals surface area contributed by atoms with Gasteiger partial charge in [0, 0.05) is 133 Å². The molecule has 11 heterocycles. The fraction of sp³-hybridized carbons (Fsp3) is 0.400. The summed E-state index contributed by atoms with van der Waals surface area (Å²) in [6.07, 6.45) is 10.4. The van der Waals surface area contributed by atoms with Crippen molar-refractivity contribution in [3.8, 4) is 22.5 Å². The van der Waals surface area contributed by atoms with Gasteiger partial charge in [-0.15, -0.1) is 0 Å². The molecule has 0 radical (unpaired) electrons. The van der Waals surface area contributed by atoms with Crippen molar-refractivity contribution in [2.24, 2.45) is 25.9 Å². The Labute approximate surface area is 487 Å². The molecule has 0 saturated carbocycles. The standard InChI is InChI=1S/C33H34F3N5O.C32H32F4N6O/c1-21-30(39(2)20-38-21)24-18-27-29(37-19-24)25-8-9-26(40-14-12-33(35,36)13-15-40)28(34)32(25)41(27)31(22-6-4-3-5-7-22)23-10-16-42-17-11-23;1-19-29(40(2)18-39-19)21-16-25-27(38-17-21)22-5-6-24(41-12-9-32(35,36)10-13-41)26(34)31(22)42(25)30(20-7-14-43-15-8-20)28-23(33)4-3-11-37-28/h3-9,18-20,23,31H,10-17H2,1-2H3;3-6,11,16-18,20,30H,7-10,12-15H2,1-2H3/t31-;30-/m10/s1. The van der Waals surface area contributed by atoms with Crippen LogP contribution in [0.3, 0.4) is 0 Å². The van der Waals surface area contributed by atoms with Crippen molar-refractivity contribution in [3.05, 3.63) is 150 Å². The number of hydrogen-bond donors (Lipinski definition) is 0. The van der Waals surface area contributed by atoms with E-state index in [2.05, 4.69) is 37.7 Å². The van der Waals surface area contributed by atoms with Crippen molar-refractivity contribution in [2.75, 3.05) is 62.4 Å². The number of fused-ring (bicyclic) bond motifs is 6. The Morgan fingerprint density at radius 1 is 0.529 bits per heavy atom. The number of imidazole rings is 2. The number of aromatic nitrogens is 9. The van der Waals surface area contributed by atoms with Gasteiger partial charge in [-0.05, 0) is 105 Å². The molecule has 4 fully saturated rings. The van der Waals surface area contributed by atoms with Crippen molar-refractivity contribution >= 4 is 55.2 Å². The van der Waals surface area contributed by atoms with Gasteiger partial charge in [0.25, 0.3) is 11.8 Å². The second-order valence-electron chi connectivity index (χ2n) is 23.3. The van der Waals surface area contributed by atoms with Gasteiger partial charge in [-0.1, -0.05) is 30.3 Å². The molecule has 20 heteroatoms. The molecule has 4 aliphatic heterocycles. The zero-order valence-electron chi connectivity index (χ0n) is 47.9.